The highest BCUT2D eigenvalue weighted by molar-refractivity contribution is 5.83. The number of nitrogens with two attached hydrogens (primary N) is 1. The standard InChI is InChI=1S/C13H16N2O/c1-3-8-9-6-5-7-10(13(14)16)12(9)15-11(8)4-2/h3-4,10,15H,1-2,5-7H2,(H2,14,16). The lowest BCUT2D eigenvalue weighted by atomic mass is 9.86. The van der Waals surface area contributed by atoms with E-state index < -0.39 is 0 Å². The molecular formula is C13H16N2O. The van der Waals surface area contributed by atoms with Gasteiger partial charge < -0.3 is 10.7 Å². The molecule has 84 valence electrons. The van der Waals surface area contributed by atoms with Gasteiger partial charge in [0, 0.05) is 17.0 Å². The number of hydrogen-bond donors (Lipinski definition) is 2. The van der Waals surface area contributed by atoms with Gasteiger partial charge in [-0.1, -0.05) is 19.2 Å². The van der Waals surface area contributed by atoms with Crippen molar-refractivity contribution in [2.45, 2.75) is 25.2 Å². The molecule has 1 atom stereocenters. The topological polar surface area (TPSA) is 58.9 Å². The summed E-state index contributed by atoms with van der Waals surface area (Å²) in [6.07, 6.45) is 6.37. The number of carbonyl (C=O) groups is 1. The Morgan fingerprint density at radius 2 is 2.19 bits per heavy atom. The van der Waals surface area contributed by atoms with Crippen molar-refractivity contribution in [3.05, 3.63) is 35.7 Å². The molecule has 1 aromatic rings. The zero-order valence-corrected chi connectivity index (χ0v) is 9.25. The van der Waals surface area contributed by atoms with Gasteiger partial charge in [0.25, 0.3) is 0 Å². The Morgan fingerprint density at radius 1 is 1.44 bits per heavy atom. The Morgan fingerprint density at radius 3 is 2.75 bits per heavy atom. The van der Waals surface area contributed by atoms with E-state index in [-0.39, 0.29) is 11.8 Å². The van der Waals surface area contributed by atoms with Crippen LogP contribution in [0.1, 0.15) is 41.3 Å². The van der Waals surface area contributed by atoms with Gasteiger partial charge in [-0.05, 0) is 30.9 Å². The number of fused-ring (bicyclic) bond motifs is 1. The Kier molecular flexibility index (Phi) is 2.69. The predicted molar refractivity (Wildman–Crippen MR) is 65.8 cm³/mol. The lowest BCUT2D eigenvalue weighted by Gasteiger charge is -2.19. The number of nitrogens with one attached hydrogen (secondary N) is 1. The summed E-state index contributed by atoms with van der Waals surface area (Å²) in [7, 11) is 0. The summed E-state index contributed by atoms with van der Waals surface area (Å²) in [5.41, 5.74) is 9.56. The molecule has 0 radical (unpaired) electrons. The van der Waals surface area contributed by atoms with Crippen molar-refractivity contribution in [3.8, 4) is 0 Å². The summed E-state index contributed by atoms with van der Waals surface area (Å²) >= 11 is 0. The average molecular weight is 216 g/mol. The summed E-state index contributed by atoms with van der Waals surface area (Å²) in [6, 6.07) is 0. The first-order valence-corrected chi connectivity index (χ1v) is 5.48. The molecule has 1 unspecified atom stereocenters. The van der Waals surface area contributed by atoms with Crippen molar-refractivity contribution in [2.24, 2.45) is 5.73 Å². The summed E-state index contributed by atoms with van der Waals surface area (Å²) in [6.45, 7) is 7.56. The van der Waals surface area contributed by atoms with Gasteiger partial charge in [0.15, 0.2) is 0 Å². The van der Waals surface area contributed by atoms with Gasteiger partial charge in [-0.2, -0.15) is 0 Å². The minimum Gasteiger partial charge on any atom is -0.369 e. The normalized spacial score (nSPS) is 18.9. The lowest BCUT2D eigenvalue weighted by molar-refractivity contribution is -0.119. The molecule has 1 aromatic heterocycles. The van der Waals surface area contributed by atoms with Gasteiger partial charge in [-0.3, -0.25) is 4.79 Å². The van der Waals surface area contributed by atoms with Crippen LogP contribution in [0.2, 0.25) is 0 Å². The first kappa shape index (κ1) is 10.7. The monoisotopic (exact) mass is 216 g/mol. The number of primary amides is 1. The first-order valence-electron chi connectivity index (χ1n) is 5.48. The first-order chi connectivity index (χ1) is 7.69. The highest BCUT2D eigenvalue weighted by Gasteiger charge is 2.28. The van der Waals surface area contributed by atoms with Crippen molar-refractivity contribution in [2.75, 3.05) is 0 Å². The molecule has 0 bridgehead atoms. The Balaban J connectivity index is 2.58. The molecule has 3 heteroatoms. The third-order valence-corrected chi connectivity index (χ3v) is 3.23. The van der Waals surface area contributed by atoms with Crippen LogP contribution in [-0.4, -0.2) is 10.9 Å². The number of amides is 1. The van der Waals surface area contributed by atoms with Crippen LogP contribution in [0, 0.1) is 0 Å². The van der Waals surface area contributed by atoms with E-state index >= 15 is 0 Å². The zero-order chi connectivity index (χ0) is 11.7. The third kappa shape index (κ3) is 1.48. The van der Waals surface area contributed by atoms with Crippen LogP contribution in [0.3, 0.4) is 0 Å². The molecule has 0 saturated carbocycles. The average Bonchev–Trinajstić information content (AvgIpc) is 2.65. The SMILES string of the molecule is C=Cc1[nH]c2c(c1C=C)CCCC2C(N)=O. The van der Waals surface area contributed by atoms with Crippen LogP contribution in [0.4, 0.5) is 0 Å². The molecule has 1 amide bonds. The predicted octanol–water partition coefficient (Wildman–Crippen LogP) is 2.21. The van der Waals surface area contributed by atoms with Gasteiger partial charge in [-0.15, -0.1) is 0 Å². The van der Waals surface area contributed by atoms with Crippen molar-refractivity contribution < 1.29 is 4.79 Å². The number of H-pyrrole nitrogens is 1. The summed E-state index contributed by atoms with van der Waals surface area (Å²) in [4.78, 5) is 14.6. The molecule has 1 aliphatic rings. The maximum Gasteiger partial charge on any atom is 0.226 e. The van der Waals surface area contributed by atoms with E-state index in [1.165, 1.54) is 5.56 Å². The van der Waals surface area contributed by atoms with E-state index in [2.05, 4.69) is 18.1 Å². The highest BCUT2D eigenvalue weighted by atomic mass is 16.1. The van der Waals surface area contributed by atoms with Crippen LogP contribution in [0.5, 0.6) is 0 Å². The minimum atomic E-state index is -0.256. The van der Waals surface area contributed by atoms with Gasteiger partial charge in [0.05, 0.1) is 5.92 Å². The summed E-state index contributed by atoms with van der Waals surface area (Å²) in [5.74, 6) is -0.440. The largest absolute Gasteiger partial charge is 0.369 e. The highest BCUT2D eigenvalue weighted by Crippen LogP contribution is 2.35. The Bertz CT molecular complexity index is 457. The second kappa shape index (κ2) is 4.00. The number of aromatic amines is 1. The Labute approximate surface area is 95.0 Å². The molecule has 0 fully saturated rings. The van der Waals surface area contributed by atoms with E-state index in [1.807, 2.05) is 6.08 Å². The maximum absolute atomic E-state index is 11.4. The van der Waals surface area contributed by atoms with Gasteiger partial charge >= 0.3 is 0 Å². The summed E-state index contributed by atoms with van der Waals surface area (Å²) in [5, 5.41) is 0. The molecule has 1 aliphatic carbocycles. The molecule has 3 nitrogen and oxygen atoms in total. The van der Waals surface area contributed by atoms with Gasteiger partial charge in [0.2, 0.25) is 5.91 Å². The van der Waals surface area contributed by atoms with Crippen molar-refractivity contribution >= 4 is 18.1 Å². The van der Waals surface area contributed by atoms with Gasteiger partial charge in [-0.25, -0.2) is 0 Å². The zero-order valence-electron chi connectivity index (χ0n) is 9.25. The molecule has 3 N–H and O–H groups in total. The number of carbonyl (C=O) groups excluding carboxylic acids is 1. The second-order valence-electron chi connectivity index (χ2n) is 4.10. The van der Waals surface area contributed by atoms with Crippen LogP contribution in [0.25, 0.3) is 12.2 Å². The fourth-order valence-electron chi connectivity index (χ4n) is 2.47. The molecular weight excluding hydrogens is 200 g/mol. The fourth-order valence-corrected chi connectivity index (χ4v) is 2.47. The third-order valence-electron chi connectivity index (χ3n) is 3.23. The molecule has 2 rings (SSSR count). The second-order valence-corrected chi connectivity index (χ2v) is 4.10. The molecule has 0 aliphatic heterocycles. The maximum atomic E-state index is 11.4. The minimum absolute atomic E-state index is 0.184. The fraction of sp³-hybridized carbons (Fsp3) is 0.308. The molecule has 0 aromatic carbocycles. The van der Waals surface area contributed by atoms with Crippen LogP contribution >= 0.6 is 0 Å². The van der Waals surface area contributed by atoms with E-state index in [0.717, 1.165) is 36.2 Å². The quantitative estimate of drug-likeness (QED) is 0.799. The number of rotatable bonds is 3. The van der Waals surface area contributed by atoms with Gasteiger partial charge in [0.1, 0.15) is 0 Å². The van der Waals surface area contributed by atoms with Crippen LogP contribution in [0.15, 0.2) is 13.2 Å². The van der Waals surface area contributed by atoms with E-state index in [1.54, 1.807) is 6.08 Å². The van der Waals surface area contributed by atoms with Crippen molar-refractivity contribution in [1.82, 2.24) is 4.98 Å². The van der Waals surface area contributed by atoms with Crippen LogP contribution < -0.4 is 5.73 Å². The lowest BCUT2D eigenvalue weighted by Crippen LogP contribution is -2.25. The molecule has 0 spiro atoms. The van der Waals surface area contributed by atoms with Crippen molar-refractivity contribution in [1.29, 1.82) is 0 Å². The van der Waals surface area contributed by atoms with E-state index in [9.17, 15) is 4.79 Å². The van der Waals surface area contributed by atoms with E-state index in [0.29, 0.717) is 0 Å². The molecule has 0 saturated heterocycles. The van der Waals surface area contributed by atoms with Crippen LogP contribution in [-0.2, 0) is 11.2 Å². The number of hydrogen-bond acceptors (Lipinski definition) is 1. The smallest absolute Gasteiger partial charge is 0.226 e. The van der Waals surface area contributed by atoms with E-state index in [4.69, 9.17) is 5.73 Å². The summed E-state index contributed by atoms with van der Waals surface area (Å²) < 4.78 is 0. The Hall–Kier alpha value is -1.77. The van der Waals surface area contributed by atoms with Crippen molar-refractivity contribution in [3.63, 3.8) is 0 Å². The molecule has 16 heavy (non-hydrogen) atoms. The number of aromatic nitrogens is 1. The molecule has 1 heterocycles.